The summed E-state index contributed by atoms with van der Waals surface area (Å²) in [6, 6.07) is 8.90. The van der Waals surface area contributed by atoms with Crippen molar-refractivity contribution in [3.05, 3.63) is 58.7 Å². The van der Waals surface area contributed by atoms with Gasteiger partial charge < -0.3 is 4.74 Å². The summed E-state index contributed by atoms with van der Waals surface area (Å²) < 4.78 is 32.8. The minimum atomic E-state index is -0.892. The van der Waals surface area contributed by atoms with E-state index in [4.69, 9.17) is 10.00 Å². The molecule has 0 radical (unpaired) electrons. The van der Waals surface area contributed by atoms with Crippen LogP contribution < -0.4 is 4.74 Å². The van der Waals surface area contributed by atoms with Crippen molar-refractivity contribution in [1.29, 1.82) is 5.26 Å². The number of hydrogen-bond donors (Lipinski definition) is 0. The molecule has 0 aliphatic carbocycles. The molecule has 2 nitrogen and oxygen atoms in total. The van der Waals surface area contributed by atoms with Crippen molar-refractivity contribution in [3.8, 4) is 17.6 Å². The summed E-state index contributed by atoms with van der Waals surface area (Å²) in [6.07, 6.45) is 0. The Morgan fingerprint density at radius 1 is 1.10 bits per heavy atom. The van der Waals surface area contributed by atoms with Crippen LogP contribution in [0.1, 0.15) is 36.5 Å². The molecule has 0 bridgehead atoms. The minimum Gasteiger partial charge on any atom is -0.451 e. The molecule has 108 valence electrons. The first-order valence-electron chi connectivity index (χ1n) is 6.60. The van der Waals surface area contributed by atoms with Crippen molar-refractivity contribution < 1.29 is 13.5 Å². The Hall–Kier alpha value is -2.41. The lowest BCUT2D eigenvalue weighted by molar-refractivity contribution is 0.407. The quantitative estimate of drug-likeness (QED) is 0.790. The van der Waals surface area contributed by atoms with Gasteiger partial charge in [-0.1, -0.05) is 19.9 Å². The molecule has 0 heterocycles. The zero-order chi connectivity index (χ0) is 15.6. The van der Waals surface area contributed by atoms with Gasteiger partial charge >= 0.3 is 0 Å². The topological polar surface area (TPSA) is 33.0 Å². The first-order chi connectivity index (χ1) is 9.92. The standard InChI is InChI=1S/C17H15F2NO/c1-10(2)14-5-4-13(6-11(14)3)21-17-15(18)7-12(9-20)8-16(17)19/h4-8,10H,1-3H3. The molecule has 2 aromatic carbocycles. The molecular weight excluding hydrogens is 272 g/mol. The highest BCUT2D eigenvalue weighted by Crippen LogP contribution is 2.31. The number of benzene rings is 2. The van der Waals surface area contributed by atoms with Gasteiger partial charge in [0, 0.05) is 0 Å². The summed E-state index contributed by atoms with van der Waals surface area (Å²) in [4.78, 5) is 0. The summed E-state index contributed by atoms with van der Waals surface area (Å²) in [5.41, 5.74) is 2.07. The smallest absolute Gasteiger partial charge is 0.198 e. The average molecular weight is 287 g/mol. The fourth-order valence-corrected chi connectivity index (χ4v) is 2.20. The molecule has 21 heavy (non-hydrogen) atoms. The largest absolute Gasteiger partial charge is 0.451 e. The van der Waals surface area contributed by atoms with Crippen LogP contribution in [0, 0.1) is 29.9 Å². The lowest BCUT2D eigenvalue weighted by Gasteiger charge is -2.13. The van der Waals surface area contributed by atoms with E-state index in [-0.39, 0.29) is 5.56 Å². The zero-order valence-electron chi connectivity index (χ0n) is 12.1. The van der Waals surface area contributed by atoms with Crippen molar-refractivity contribution in [2.24, 2.45) is 0 Å². The molecule has 0 unspecified atom stereocenters. The third-order valence-corrected chi connectivity index (χ3v) is 3.21. The Balaban J connectivity index is 2.35. The molecule has 0 spiro atoms. The van der Waals surface area contributed by atoms with Gasteiger partial charge in [0.2, 0.25) is 0 Å². The number of nitriles is 1. The van der Waals surface area contributed by atoms with Crippen LogP contribution in [0.3, 0.4) is 0 Å². The van der Waals surface area contributed by atoms with E-state index in [1.807, 2.05) is 13.0 Å². The van der Waals surface area contributed by atoms with Gasteiger partial charge in [-0.2, -0.15) is 5.26 Å². The van der Waals surface area contributed by atoms with Gasteiger partial charge in [-0.3, -0.25) is 0 Å². The first kappa shape index (κ1) is 15.0. The maximum Gasteiger partial charge on any atom is 0.198 e. The second-order valence-corrected chi connectivity index (χ2v) is 5.16. The second-order valence-electron chi connectivity index (χ2n) is 5.16. The lowest BCUT2D eigenvalue weighted by atomic mass is 9.98. The van der Waals surface area contributed by atoms with Crippen LogP contribution in [0.4, 0.5) is 8.78 Å². The van der Waals surface area contributed by atoms with Gasteiger partial charge in [-0.25, -0.2) is 8.78 Å². The fraction of sp³-hybridized carbons (Fsp3) is 0.235. The average Bonchev–Trinajstić information content (AvgIpc) is 2.42. The van der Waals surface area contributed by atoms with Crippen molar-refractivity contribution in [2.75, 3.05) is 0 Å². The van der Waals surface area contributed by atoms with E-state index >= 15 is 0 Å². The molecule has 4 heteroatoms. The van der Waals surface area contributed by atoms with Crippen molar-refractivity contribution in [3.63, 3.8) is 0 Å². The molecular formula is C17H15F2NO. The number of halogens is 2. The number of rotatable bonds is 3. The van der Waals surface area contributed by atoms with Crippen LogP contribution in [0.25, 0.3) is 0 Å². The molecule has 0 aliphatic heterocycles. The van der Waals surface area contributed by atoms with E-state index in [0.29, 0.717) is 11.7 Å². The predicted molar refractivity (Wildman–Crippen MR) is 76.4 cm³/mol. The molecule has 0 fully saturated rings. The Morgan fingerprint density at radius 2 is 1.71 bits per heavy atom. The van der Waals surface area contributed by atoms with E-state index in [2.05, 4.69) is 13.8 Å². The fourth-order valence-electron chi connectivity index (χ4n) is 2.20. The molecule has 2 rings (SSSR count). The number of nitrogens with zero attached hydrogens (tertiary/aromatic N) is 1. The third-order valence-electron chi connectivity index (χ3n) is 3.21. The molecule has 0 N–H and O–H groups in total. The minimum absolute atomic E-state index is 0.0799. The van der Waals surface area contributed by atoms with Crippen LogP contribution in [0.5, 0.6) is 11.5 Å². The summed E-state index contributed by atoms with van der Waals surface area (Å²) >= 11 is 0. The highest BCUT2D eigenvalue weighted by atomic mass is 19.1. The number of aryl methyl sites for hydroxylation is 1. The first-order valence-corrected chi connectivity index (χ1v) is 6.60. The van der Waals surface area contributed by atoms with Crippen molar-refractivity contribution in [2.45, 2.75) is 26.7 Å². The third kappa shape index (κ3) is 3.19. The van der Waals surface area contributed by atoms with Crippen LogP contribution in [-0.4, -0.2) is 0 Å². The van der Waals surface area contributed by atoms with Gasteiger partial charge in [0.05, 0.1) is 11.6 Å². The molecule has 2 aromatic rings. The predicted octanol–water partition coefficient (Wildman–Crippen LogP) is 5.06. The Kier molecular flexibility index (Phi) is 4.23. The van der Waals surface area contributed by atoms with Gasteiger partial charge in [0.1, 0.15) is 5.75 Å². The van der Waals surface area contributed by atoms with Crippen LogP contribution >= 0.6 is 0 Å². The molecule has 0 aromatic heterocycles. The van der Waals surface area contributed by atoms with Crippen molar-refractivity contribution in [1.82, 2.24) is 0 Å². The van der Waals surface area contributed by atoms with Crippen molar-refractivity contribution >= 4 is 0 Å². The summed E-state index contributed by atoms with van der Waals surface area (Å²) in [6.45, 7) is 6.07. The van der Waals surface area contributed by atoms with Gasteiger partial charge in [0.15, 0.2) is 17.4 Å². The Bertz CT molecular complexity index is 694. The summed E-state index contributed by atoms with van der Waals surface area (Å²) in [7, 11) is 0. The monoisotopic (exact) mass is 287 g/mol. The molecule has 0 atom stereocenters. The summed E-state index contributed by atoms with van der Waals surface area (Å²) in [5.74, 6) is -1.55. The van der Waals surface area contributed by atoms with Gasteiger partial charge in [0.25, 0.3) is 0 Å². The van der Waals surface area contributed by atoms with E-state index in [9.17, 15) is 8.78 Å². The van der Waals surface area contributed by atoms with Crippen LogP contribution in [0.2, 0.25) is 0 Å². The molecule has 0 saturated heterocycles. The SMILES string of the molecule is Cc1cc(Oc2c(F)cc(C#N)cc2F)ccc1C(C)C. The zero-order valence-corrected chi connectivity index (χ0v) is 12.1. The second kappa shape index (κ2) is 5.92. The van der Waals surface area contributed by atoms with Crippen LogP contribution in [0.15, 0.2) is 30.3 Å². The highest BCUT2D eigenvalue weighted by molar-refractivity contribution is 5.42. The normalized spacial score (nSPS) is 10.5. The maximum atomic E-state index is 13.8. The Labute approximate surface area is 122 Å². The van der Waals surface area contributed by atoms with E-state index in [1.165, 1.54) is 0 Å². The number of ether oxygens (including phenoxy) is 1. The maximum absolute atomic E-state index is 13.8. The van der Waals surface area contributed by atoms with E-state index in [0.717, 1.165) is 23.3 Å². The van der Waals surface area contributed by atoms with Gasteiger partial charge in [-0.15, -0.1) is 0 Å². The Morgan fingerprint density at radius 3 is 2.19 bits per heavy atom. The van der Waals surface area contributed by atoms with Crippen LogP contribution in [-0.2, 0) is 0 Å². The van der Waals surface area contributed by atoms with Gasteiger partial charge in [-0.05, 0) is 48.2 Å². The highest BCUT2D eigenvalue weighted by Gasteiger charge is 2.14. The van der Waals surface area contributed by atoms with E-state index in [1.54, 1.807) is 18.2 Å². The molecule has 0 saturated carbocycles. The molecule has 0 aliphatic rings. The molecule has 0 amide bonds. The van der Waals surface area contributed by atoms with E-state index < -0.39 is 17.4 Å². The number of hydrogen-bond acceptors (Lipinski definition) is 2. The lowest BCUT2D eigenvalue weighted by Crippen LogP contribution is -1.96. The summed E-state index contributed by atoms with van der Waals surface area (Å²) in [5, 5.41) is 8.66.